The van der Waals surface area contributed by atoms with Crippen molar-refractivity contribution in [1.29, 1.82) is 0 Å². The van der Waals surface area contributed by atoms with Gasteiger partial charge in [0.05, 0.1) is 5.25 Å². The maximum Gasteiger partial charge on any atom is 0.319 e. The van der Waals surface area contributed by atoms with Gasteiger partial charge in [-0.3, -0.25) is 4.79 Å². The summed E-state index contributed by atoms with van der Waals surface area (Å²) in [5.41, 5.74) is 0. The maximum atomic E-state index is 13.1. The molecule has 0 aromatic carbocycles. The van der Waals surface area contributed by atoms with Crippen molar-refractivity contribution in [3.63, 3.8) is 0 Å². The predicted octanol–water partition coefficient (Wildman–Crippen LogP) is 1.40. The number of carbonyl (C=O) groups excluding carboxylic acids is 2. The lowest BCUT2D eigenvalue weighted by molar-refractivity contribution is -0.116. The molecule has 3 amide bonds. The first-order valence-corrected chi connectivity index (χ1v) is 12.3. The summed E-state index contributed by atoms with van der Waals surface area (Å²) in [5.74, 6) is 0.111. The number of carbonyl (C=O) groups is 2. The number of sulfonamides is 1. The molecule has 3 heterocycles. The molecule has 0 aliphatic carbocycles. The Morgan fingerprint density at radius 1 is 0.897 bits per heavy atom. The van der Waals surface area contributed by atoms with Crippen LogP contribution in [0.1, 0.15) is 44.9 Å². The van der Waals surface area contributed by atoms with E-state index in [1.807, 2.05) is 9.80 Å². The second-order valence-corrected chi connectivity index (χ2v) is 10.6. The molecule has 3 rings (SSSR count). The number of amides is 3. The van der Waals surface area contributed by atoms with Crippen molar-refractivity contribution in [2.45, 2.75) is 50.2 Å². The SMILES string of the molecule is C=CC(=O)NCC1CCN(S(=O)(=O)C2CCN(C(=O)N3CCCCC3)CC2)CC1. The minimum absolute atomic E-state index is 0.0722. The van der Waals surface area contributed by atoms with Crippen molar-refractivity contribution in [2.75, 3.05) is 45.8 Å². The lowest BCUT2D eigenvalue weighted by atomic mass is 9.98. The minimum atomic E-state index is -3.34. The first kappa shape index (κ1) is 22.1. The van der Waals surface area contributed by atoms with Crippen LogP contribution < -0.4 is 5.32 Å². The van der Waals surface area contributed by atoms with Gasteiger partial charge in [0.25, 0.3) is 0 Å². The van der Waals surface area contributed by atoms with E-state index in [9.17, 15) is 18.0 Å². The number of urea groups is 1. The lowest BCUT2D eigenvalue weighted by Crippen LogP contribution is -2.52. The molecular weight excluding hydrogens is 392 g/mol. The number of piperidine rings is 3. The van der Waals surface area contributed by atoms with Gasteiger partial charge in [-0.2, -0.15) is 0 Å². The summed E-state index contributed by atoms with van der Waals surface area (Å²) < 4.78 is 27.8. The van der Waals surface area contributed by atoms with Gasteiger partial charge in [-0.15, -0.1) is 0 Å². The fourth-order valence-corrected chi connectivity index (χ4v) is 6.47. The molecule has 3 aliphatic heterocycles. The Bertz CT molecular complexity index is 689. The summed E-state index contributed by atoms with van der Waals surface area (Å²) in [4.78, 5) is 27.7. The Morgan fingerprint density at radius 3 is 2.07 bits per heavy atom. The second kappa shape index (κ2) is 9.93. The molecule has 29 heavy (non-hydrogen) atoms. The van der Waals surface area contributed by atoms with Crippen molar-refractivity contribution in [2.24, 2.45) is 5.92 Å². The number of hydrogen-bond acceptors (Lipinski definition) is 4. The molecule has 9 heteroatoms. The highest BCUT2D eigenvalue weighted by Crippen LogP contribution is 2.26. The molecular formula is C20H34N4O4S. The summed E-state index contributed by atoms with van der Waals surface area (Å²) in [5, 5.41) is 2.40. The molecule has 1 N–H and O–H groups in total. The van der Waals surface area contributed by atoms with Crippen LogP contribution in [-0.2, 0) is 14.8 Å². The van der Waals surface area contributed by atoms with Crippen molar-refractivity contribution < 1.29 is 18.0 Å². The molecule has 3 saturated heterocycles. The van der Waals surface area contributed by atoms with E-state index in [1.54, 1.807) is 4.31 Å². The van der Waals surface area contributed by atoms with Crippen molar-refractivity contribution >= 4 is 22.0 Å². The van der Waals surface area contributed by atoms with Gasteiger partial charge in [0.2, 0.25) is 15.9 Å². The zero-order valence-electron chi connectivity index (χ0n) is 17.2. The summed E-state index contributed by atoms with van der Waals surface area (Å²) in [6.45, 7) is 7.68. The Morgan fingerprint density at radius 2 is 1.48 bits per heavy atom. The van der Waals surface area contributed by atoms with E-state index in [4.69, 9.17) is 0 Å². The van der Waals surface area contributed by atoms with Crippen molar-refractivity contribution in [3.8, 4) is 0 Å². The first-order chi connectivity index (χ1) is 13.9. The summed E-state index contributed by atoms with van der Waals surface area (Å²) in [6, 6.07) is 0.0722. The highest BCUT2D eigenvalue weighted by atomic mass is 32.2. The molecule has 3 fully saturated rings. The van der Waals surface area contributed by atoms with Gasteiger partial charge in [-0.05, 0) is 56.9 Å². The first-order valence-electron chi connectivity index (χ1n) is 10.8. The van der Waals surface area contributed by atoms with Gasteiger partial charge >= 0.3 is 6.03 Å². The molecule has 0 atom stereocenters. The molecule has 0 spiro atoms. The normalized spacial score (nSPS) is 23.0. The van der Waals surface area contributed by atoms with Gasteiger partial charge in [0.1, 0.15) is 0 Å². The van der Waals surface area contributed by atoms with Crippen LogP contribution in [0.3, 0.4) is 0 Å². The number of rotatable bonds is 5. The third kappa shape index (κ3) is 5.51. The fourth-order valence-electron chi connectivity index (χ4n) is 4.53. The Balaban J connectivity index is 1.45. The largest absolute Gasteiger partial charge is 0.352 e. The van der Waals surface area contributed by atoms with Gasteiger partial charge in [-0.1, -0.05) is 6.58 Å². The van der Waals surface area contributed by atoms with Crippen LogP contribution in [0.15, 0.2) is 12.7 Å². The average Bonchev–Trinajstić information content (AvgIpc) is 2.78. The molecule has 164 valence electrons. The maximum absolute atomic E-state index is 13.1. The quantitative estimate of drug-likeness (QED) is 0.673. The zero-order chi connectivity index (χ0) is 20.9. The van der Waals surface area contributed by atoms with Crippen LogP contribution >= 0.6 is 0 Å². The van der Waals surface area contributed by atoms with Crippen LogP contribution in [0, 0.1) is 5.92 Å². The van der Waals surface area contributed by atoms with Crippen LogP contribution in [0.25, 0.3) is 0 Å². The molecule has 0 saturated carbocycles. The van der Waals surface area contributed by atoms with Gasteiger partial charge in [0, 0.05) is 45.8 Å². The summed E-state index contributed by atoms with van der Waals surface area (Å²) in [7, 11) is -3.34. The van der Waals surface area contributed by atoms with Crippen molar-refractivity contribution in [3.05, 3.63) is 12.7 Å². The topological polar surface area (TPSA) is 90.0 Å². The fraction of sp³-hybridized carbons (Fsp3) is 0.800. The summed E-state index contributed by atoms with van der Waals surface area (Å²) >= 11 is 0. The number of nitrogens with zero attached hydrogens (tertiary/aromatic N) is 3. The number of hydrogen-bond donors (Lipinski definition) is 1. The lowest BCUT2D eigenvalue weighted by Gasteiger charge is -2.39. The van der Waals surface area contributed by atoms with E-state index < -0.39 is 15.3 Å². The van der Waals surface area contributed by atoms with Crippen LogP contribution in [0.2, 0.25) is 0 Å². The standard InChI is InChI=1S/C20H34N4O4S/c1-2-19(25)21-16-17-6-14-24(15-7-17)29(27,28)18-8-12-23(13-9-18)20(26)22-10-4-3-5-11-22/h2,17-18H,1,3-16H2,(H,21,25). The van der Waals surface area contributed by atoms with Crippen molar-refractivity contribution in [1.82, 2.24) is 19.4 Å². The third-order valence-electron chi connectivity index (χ3n) is 6.44. The Labute approximate surface area is 174 Å². The number of likely N-dealkylation sites (tertiary alicyclic amines) is 2. The van der Waals surface area contributed by atoms with Crippen LogP contribution in [0.5, 0.6) is 0 Å². The minimum Gasteiger partial charge on any atom is -0.352 e. The highest BCUT2D eigenvalue weighted by molar-refractivity contribution is 7.89. The molecule has 8 nitrogen and oxygen atoms in total. The predicted molar refractivity (Wildman–Crippen MR) is 112 cm³/mol. The Hall–Kier alpha value is -1.61. The van der Waals surface area contributed by atoms with E-state index in [2.05, 4.69) is 11.9 Å². The van der Waals surface area contributed by atoms with E-state index in [0.29, 0.717) is 51.5 Å². The highest BCUT2D eigenvalue weighted by Gasteiger charge is 2.38. The average molecular weight is 427 g/mol. The number of nitrogens with one attached hydrogen (secondary N) is 1. The Kier molecular flexibility index (Phi) is 7.56. The molecule has 0 aromatic heterocycles. The summed E-state index contributed by atoms with van der Waals surface area (Å²) in [6.07, 6.45) is 7.08. The van der Waals surface area contributed by atoms with Gasteiger partial charge in [-0.25, -0.2) is 17.5 Å². The van der Waals surface area contributed by atoms with E-state index >= 15 is 0 Å². The molecule has 0 unspecified atom stereocenters. The van der Waals surface area contributed by atoms with Crippen LogP contribution in [-0.4, -0.2) is 85.5 Å². The second-order valence-electron chi connectivity index (χ2n) is 8.35. The molecule has 0 radical (unpaired) electrons. The van der Waals surface area contributed by atoms with E-state index in [1.165, 1.54) is 12.5 Å². The van der Waals surface area contributed by atoms with Gasteiger partial charge < -0.3 is 15.1 Å². The molecule has 3 aliphatic rings. The molecule has 0 bridgehead atoms. The third-order valence-corrected chi connectivity index (χ3v) is 8.84. The smallest absolute Gasteiger partial charge is 0.319 e. The van der Waals surface area contributed by atoms with E-state index in [0.717, 1.165) is 38.8 Å². The molecule has 0 aromatic rings. The van der Waals surface area contributed by atoms with Crippen LogP contribution in [0.4, 0.5) is 4.79 Å². The van der Waals surface area contributed by atoms with Gasteiger partial charge in [0.15, 0.2) is 0 Å². The monoisotopic (exact) mass is 426 g/mol. The van der Waals surface area contributed by atoms with E-state index in [-0.39, 0.29) is 11.9 Å². The zero-order valence-corrected chi connectivity index (χ0v) is 18.0.